The normalized spacial score (nSPS) is 14.8. The molecule has 0 spiro atoms. The summed E-state index contributed by atoms with van der Waals surface area (Å²) >= 11 is 0. The molecule has 2 aromatic carbocycles. The molecule has 0 aliphatic carbocycles. The molecule has 2 N–H and O–H groups in total. The third-order valence-electron chi connectivity index (χ3n) is 4.62. The summed E-state index contributed by atoms with van der Waals surface area (Å²) < 4.78 is 0. The van der Waals surface area contributed by atoms with E-state index in [4.69, 9.17) is 0 Å². The SMILES string of the molecule is Cc1ccc(C(=O)NCc2ccccc2C[NH+]2CCCC2)cc1. The predicted octanol–water partition coefficient (Wildman–Crippen LogP) is 2.10. The van der Waals surface area contributed by atoms with Gasteiger partial charge < -0.3 is 10.2 Å². The van der Waals surface area contributed by atoms with Crippen LogP contribution in [0.25, 0.3) is 0 Å². The average Bonchev–Trinajstić information content (AvgIpc) is 3.07. The molecule has 3 nitrogen and oxygen atoms in total. The largest absolute Gasteiger partial charge is 0.348 e. The number of carbonyl (C=O) groups excluding carboxylic acids is 1. The van der Waals surface area contributed by atoms with Crippen LogP contribution >= 0.6 is 0 Å². The Morgan fingerprint density at radius 3 is 2.35 bits per heavy atom. The molecule has 1 amide bonds. The van der Waals surface area contributed by atoms with Crippen molar-refractivity contribution in [3.63, 3.8) is 0 Å². The van der Waals surface area contributed by atoms with E-state index in [9.17, 15) is 4.79 Å². The van der Waals surface area contributed by atoms with E-state index in [0.717, 1.165) is 12.1 Å². The van der Waals surface area contributed by atoms with Gasteiger partial charge in [0.15, 0.2) is 0 Å². The topological polar surface area (TPSA) is 33.5 Å². The van der Waals surface area contributed by atoms with Gasteiger partial charge >= 0.3 is 0 Å². The summed E-state index contributed by atoms with van der Waals surface area (Å²) in [4.78, 5) is 13.9. The van der Waals surface area contributed by atoms with Gasteiger partial charge in [-0.25, -0.2) is 0 Å². The van der Waals surface area contributed by atoms with Crippen molar-refractivity contribution >= 4 is 5.91 Å². The Balaban J connectivity index is 1.63. The Kier molecular flexibility index (Phi) is 5.09. The van der Waals surface area contributed by atoms with Gasteiger partial charge in [0.25, 0.3) is 5.91 Å². The van der Waals surface area contributed by atoms with Crippen molar-refractivity contribution in [2.24, 2.45) is 0 Å². The molecule has 1 aliphatic heterocycles. The molecule has 120 valence electrons. The quantitative estimate of drug-likeness (QED) is 0.871. The van der Waals surface area contributed by atoms with Crippen LogP contribution < -0.4 is 10.2 Å². The molecule has 2 aromatic rings. The van der Waals surface area contributed by atoms with E-state index >= 15 is 0 Å². The molecule has 1 aliphatic rings. The Morgan fingerprint density at radius 1 is 1.00 bits per heavy atom. The minimum Gasteiger partial charge on any atom is -0.348 e. The fourth-order valence-electron chi connectivity index (χ4n) is 3.21. The first kappa shape index (κ1) is 15.8. The molecule has 3 heteroatoms. The molecular formula is C20H25N2O+. The van der Waals surface area contributed by atoms with Gasteiger partial charge in [-0.2, -0.15) is 0 Å². The smallest absolute Gasteiger partial charge is 0.251 e. The number of rotatable bonds is 5. The van der Waals surface area contributed by atoms with Gasteiger partial charge in [0, 0.05) is 30.5 Å². The molecule has 1 saturated heterocycles. The molecule has 1 fully saturated rings. The highest BCUT2D eigenvalue weighted by atomic mass is 16.1. The summed E-state index contributed by atoms with van der Waals surface area (Å²) in [6.45, 7) is 6.22. The number of hydrogen-bond acceptors (Lipinski definition) is 1. The minimum atomic E-state index is -0.00618. The number of hydrogen-bond donors (Lipinski definition) is 2. The summed E-state index contributed by atoms with van der Waals surface area (Å²) in [5.41, 5.74) is 4.47. The van der Waals surface area contributed by atoms with Crippen LogP contribution in [-0.2, 0) is 13.1 Å². The fourth-order valence-corrected chi connectivity index (χ4v) is 3.21. The Bertz CT molecular complexity index is 658. The zero-order valence-corrected chi connectivity index (χ0v) is 13.8. The van der Waals surface area contributed by atoms with Gasteiger partial charge in [-0.15, -0.1) is 0 Å². The lowest BCUT2D eigenvalue weighted by molar-refractivity contribution is -0.901. The zero-order valence-electron chi connectivity index (χ0n) is 13.8. The Morgan fingerprint density at radius 2 is 1.65 bits per heavy atom. The molecule has 23 heavy (non-hydrogen) atoms. The lowest BCUT2D eigenvalue weighted by Gasteiger charge is -2.15. The maximum Gasteiger partial charge on any atom is 0.251 e. The summed E-state index contributed by atoms with van der Waals surface area (Å²) in [5, 5.41) is 3.05. The lowest BCUT2D eigenvalue weighted by Crippen LogP contribution is -3.08. The molecule has 3 rings (SSSR count). The monoisotopic (exact) mass is 309 g/mol. The second-order valence-electron chi connectivity index (χ2n) is 6.45. The van der Waals surface area contributed by atoms with E-state index in [1.54, 1.807) is 4.90 Å². The van der Waals surface area contributed by atoms with Gasteiger partial charge in [-0.1, -0.05) is 42.0 Å². The van der Waals surface area contributed by atoms with E-state index in [-0.39, 0.29) is 5.91 Å². The van der Waals surface area contributed by atoms with Crippen molar-refractivity contribution in [3.05, 3.63) is 70.8 Å². The molecule has 0 unspecified atom stereocenters. The number of aryl methyl sites for hydroxylation is 1. The van der Waals surface area contributed by atoms with Crippen molar-refractivity contribution in [1.82, 2.24) is 5.32 Å². The first-order chi connectivity index (χ1) is 11.2. The maximum absolute atomic E-state index is 12.3. The van der Waals surface area contributed by atoms with Crippen LogP contribution in [-0.4, -0.2) is 19.0 Å². The number of carbonyl (C=O) groups is 1. The number of nitrogens with one attached hydrogen (secondary N) is 2. The average molecular weight is 309 g/mol. The first-order valence-electron chi connectivity index (χ1n) is 8.47. The fraction of sp³-hybridized carbons (Fsp3) is 0.350. The Labute approximate surface area is 138 Å². The number of likely N-dealkylation sites (tertiary alicyclic amines) is 1. The first-order valence-corrected chi connectivity index (χ1v) is 8.47. The van der Waals surface area contributed by atoms with Crippen molar-refractivity contribution < 1.29 is 9.69 Å². The van der Waals surface area contributed by atoms with Crippen LogP contribution in [0.2, 0.25) is 0 Å². The lowest BCUT2D eigenvalue weighted by atomic mass is 10.1. The van der Waals surface area contributed by atoms with Crippen LogP contribution in [0.15, 0.2) is 48.5 Å². The van der Waals surface area contributed by atoms with Gasteiger partial charge in [0.05, 0.1) is 13.1 Å². The molecule has 1 heterocycles. The highest BCUT2D eigenvalue weighted by Crippen LogP contribution is 2.09. The predicted molar refractivity (Wildman–Crippen MR) is 92.4 cm³/mol. The van der Waals surface area contributed by atoms with Crippen molar-refractivity contribution in [3.8, 4) is 0 Å². The highest BCUT2D eigenvalue weighted by Gasteiger charge is 2.17. The second-order valence-corrected chi connectivity index (χ2v) is 6.45. The van der Waals surface area contributed by atoms with Gasteiger partial charge in [-0.3, -0.25) is 4.79 Å². The van der Waals surface area contributed by atoms with Crippen molar-refractivity contribution in [2.75, 3.05) is 13.1 Å². The Hall–Kier alpha value is -2.13. The van der Waals surface area contributed by atoms with Crippen molar-refractivity contribution in [2.45, 2.75) is 32.9 Å². The second kappa shape index (κ2) is 7.42. The van der Waals surface area contributed by atoms with Gasteiger partial charge in [0.1, 0.15) is 6.54 Å². The molecule has 0 saturated carbocycles. The summed E-state index contributed by atoms with van der Waals surface area (Å²) in [6, 6.07) is 16.2. The van der Waals surface area contributed by atoms with Crippen molar-refractivity contribution in [1.29, 1.82) is 0 Å². The third-order valence-corrected chi connectivity index (χ3v) is 4.62. The van der Waals surface area contributed by atoms with E-state index in [2.05, 4.69) is 29.6 Å². The molecule has 0 radical (unpaired) electrons. The van der Waals surface area contributed by atoms with Gasteiger partial charge in [-0.05, 0) is 24.6 Å². The van der Waals surface area contributed by atoms with Crippen LogP contribution in [0, 0.1) is 6.92 Å². The molecule has 0 bridgehead atoms. The number of quaternary nitrogens is 1. The van der Waals surface area contributed by atoms with E-state index in [1.165, 1.54) is 42.6 Å². The van der Waals surface area contributed by atoms with E-state index < -0.39 is 0 Å². The number of benzene rings is 2. The van der Waals surface area contributed by atoms with E-state index in [1.807, 2.05) is 31.2 Å². The molecule has 0 aromatic heterocycles. The maximum atomic E-state index is 12.3. The summed E-state index contributed by atoms with van der Waals surface area (Å²) in [6.07, 6.45) is 2.67. The standard InChI is InChI=1S/C20H24N2O/c1-16-8-10-17(11-9-16)20(23)21-14-18-6-2-3-7-19(18)15-22-12-4-5-13-22/h2-3,6-11H,4-5,12-15H2,1H3,(H,21,23)/p+1. The van der Waals surface area contributed by atoms with Crippen LogP contribution in [0.3, 0.4) is 0 Å². The number of amides is 1. The molecule has 0 atom stereocenters. The zero-order chi connectivity index (χ0) is 16.1. The minimum absolute atomic E-state index is 0.00618. The summed E-state index contributed by atoms with van der Waals surface area (Å²) in [5.74, 6) is -0.00618. The van der Waals surface area contributed by atoms with Crippen LogP contribution in [0.5, 0.6) is 0 Å². The van der Waals surface area contributed by atoms with Crippen LogP contribution in [0.1, 0.15) is 39.9 Å². The third kappa shape index (κ3) is 4.20. The highest BCUT2D eigenvalue weighted by molar-refractivity contribution is 5.94. The van der Waals surface area contributed by atoms with E-state index in [0.29, 0.717) is 6.54 Å². The van der Waals surface area contributed by atoms with Crippen LogP contribution in [0.4, 0.5) is 0 Å². The van der Waals surface area contributed by atoms with Gasteiger partial charge in [0.2, 0.25) is 0 Å². The summed E-state index contributed by atoms with van der Waals surface area (Å²) in [7, 11) is 0. The molecular weight excluding hydrogens is 284 g/mol.